The van der Waals surface area contributed by atoms with E-state index in [-0.39, 0.29) is 12.0 Å². The number of ether oxygens (including phenoxy) is 2. The van der Waals surface area contributed by atoms with E-state index in [1.807, 2.05) is 14.0 Å². The third kappa shape index (κ3) is 5.66. The van der Waals surface area contributed by atoms with Gasteiger partial charge in [0.15, 0.2) is 0 Å². The van der Waals surface area contributed by atoms with Crippen LogP contribution in [0.2, 0.25) is 0 Å². The molecule has 0 saturated carbocycles. The molecule has 1 atom stereocenters. The van der Waals surface area contributed by atoms with Gasteiger partial charge in [0.05, 0.1) is 25.9 Å². The van der Waals surface area contributed by atoms with Crippen molar-refractivity contribution in [1.29, 1.82) is 0 Å². The molecule has 118 valence electrons. The number of anilines is 1. The summed E-state index contributed by atoms with van der Waals surface area (Å²) in [6.07, 6.45) is 1.35. The molecule has 1 aliphatic rings. The van der Waals surface area contributed by atoms with Gasteiger partial charge in [0.2, 0.25) is 11.0 Å². The Balaban J connectivity index is 1.65. The van der Waals surface area contributed by atoms with Crippen molar-refractivity contribution in [3.8, 4) is 0 Å². The predicted octanol–water partition coefficient (Wildman–Crippen LogP) is 0.776. The summed E-state index contributed by atoms with van der Waals surface area (Å²) in [4.78, 5) is 13.9. The molecule has 1 aromatic heterocycles. The van der Waals surface area contributed by atoms with Crippen LogP contribution in [0.25, 0.3) is 0 Å². The summed E-state index contributed by atoms with van der Waals surface area (Å²) in [6.45, 7) is 5.40. The van der Waals surface area contributed by atoms with Gasteiger partial charge in [0, 0.05) is 19.5 Å². The van der Waals surface area contributed by atoms with Crippen molar-refractivity contribution in [3.05, 3.63) is 5.01 Å². The zero-order chi connectivity index (χ0) is 15.1. The summed E-state index contributed by atoms with van der Waals surface area (Å²) in [6, 6.07) is 0. The van der Waals surface area contributed by atoms with Gasteiger partial charge in [-0.3, -0.25) is 4.79 Å². The van der Waals surface area contributed by atoms with Gasteiger partial charge in [0.25, 0.3) is 0 Å². The quantitative estimate of drug-likeness (QED) is 0.801. The fourth-order valence-corrected chi connectivity index (χ4v) is 2.70. The maximum Gasteiger partial charge on any atom is 0.227 e. The molecular formula is C13H22N4O3S. The average Bonchev–Trinajstić information content (AvgIpc) is 2.94. The van der Waals surface area contributed by atoms with Crippen molar-refractivity contribution in [2.45, 2.75) is 25.9 Å². The number of carbonyl (C=O) groups is 1. The first-order chi connectivity index (χ1) is 10.2. The van der Waals surface area contributed by atoms with E-state index < -0.39 is 0 Å². The monoisotopic (exact) mass is 314 g/mol. The molecule has 1 fully saturated rings. The number of aromatic nitrogens is 2. The number of aryl methyl sites for hydroxylation is 1. The highest BCUT2D eigenvalue weighted by Gasteiger charge is 2.17. The fourth-order valence-electron chi connectivity index (χ4n) is 2.00. The molecule has 2 rings (SSSR count). The Morgan fingerprint density at radius 1 is 1.48 bits per heavy atom. The largest absolute Gasteiger partial charge is 0.376 e. The van der Waals surface area contributed by atoms with Gasteiger partial charge in [-0.1, -0.05) is 18.3 Å². The molecular weight excluding hydrogens is 292 g/mol. The highest BCUT2D eigenvalue weighted by molar-refractivity contribution is 7.15. The van der Waals surface area contributed by atoms with Gasteiger partial charge in [-0.2, -0.15) is 0 Å². The van der Waals surface area contributed by atoms with Crippen molar-refractivity contribution >= 4 is 22.4 Å². The summed E-state index contributed by atoms with van der Waals surface area (Å²) >= 11 is 1.42. The van der Waals surface area contributed by atoms with Gasteiger partial charge >= 0.3 is 0 Å². The van der Waals surface area contributed by atoms with Crippen LogP contribution in [0.1, 0.15) is 18.4 Å². The molecule has 1 aromatic rings. The second-order valence-corrected chi connectivity index (χ2v) is 6.04. The Morgan fingerprint density at radius 3 is 3.00 bits per heavy atom. The summed E-state index contributed by atoms with van der Waals surface area (Å²) in [5.41, 5.74) is 0. The van der Waals surface area contributed by atoms with E-state index in [0.29, 0.717) is 37.9 Å². The number of hydrogen-bond acceptors (Lipinski definition) is 7. The molecule has 21 heavy (non-hydrogen) atoms. The lowest BCUT2D eigenvalue weighted by atomic mass is 10.3. The van der Waals surface area contributed by atoms with Crippen LogP contribution in [0.15, 0.2) is 0 Å². The second kappa shape index (κ2) is 8.38. The van der Waals surface area contributed by atoms with Crippen molar-refractivity contribution in [3.63, 3.8) is 0 Å². The molecule has 1 saturated heterocycles. The standard InChI is InChI=1S/C13H22N4O3S/c1-3-12-15-16-13(21-12)14-11(18)4-5-17(2)8-10-9-19-6-7-20-10/h10H,3-9H2,1-2H3,(H,14,16,18)/t10-/m1/s1. The average molecular weight is 314 g/mol. The summed E-state index contributed by atoms with van der Waals surface area (Å²) in [7, 11) is 1.98. The Hall–Kier alpha value is -1.09. The van der Waals surface area contributed by atoms with Crippen LogP contribution in [0.5, 0.6) is 0 Å². The van der Waals surface area contributed by atoms with Gasteiger partial charge in [-0.05, 0) is 13.5 Å². The van der Waals surface area contributed by atoms with Crippen molar-refractivity contribution in [2.24, 2.45) is 0 Å². The van der Waals surface area contributed by atoms with Gasteiger partial charge in [-0.15, -0.1) is 10.2 Å². The molecule has 0 aliphatic carbocycles. The molecule has 2 heterocycles. The van der Waals surface area contributed by atoms with Gasteiger partial charge in [0.1, 0.15) is 5.01 Å². The van der Waals surface area contributed by atoms with Gasteiger partial charge < -0.3 is 19.7 Å². The van der Waals surface area contributed by atoms with Gasteiger partial charge in [-0.25, -0.2) is 0 Å². The number of amides is 1. The number of nitrogens with zero attached hydrogens (tertiary/aromatic N) is 3. The topological polar surface area (TPSA) is 76.6 Å². The molecule has 0 spiro atoms. The summed E-state index contributed by atoms with van der Waals surface area (Å²) in [5, 5.41) is 12.2. The van der Waals surface area contributed by atoms with E-state index >= 15 is 0 Å². The molecule has 1 aliphatic heterocycles. The number of carbonyl (C=O) groups excluding carboxylic acids is 1. The molecule has 8 heteroatoms. The van der Waals surface area contributed by atoms with Crippen molar-refractivity contribution < 1.29 is 14.3 Å². The SMILES string of the molecule is CCc1nnc(NC(=O)CCN(C)C[C@@H]2COCCO2)s1. The third-order valence-corrected chi connectivity index (χ3v) is 4.12. The first-order valence-electron chi connectivity index (χ1n) is 7.17. The van der Waals surface area contributed by atoms with E-state index in [1.165, 1.54) is 11.3 Å². The zero-order valence-electron chi connectivity index (χ0n) is 12.5. The Kier molecular flexibility index (Phi) is 6.50. The van der Waals surface area contributed by atoms with Crippen LogP contribution in [0.3, 0.4) is 0 Å². The first-order valence-corrected chi connectivity index (χ1v) is 7.99. The Bertz CT molecular complexity index is 448. The van der Waals surface area contributed by atoms with Crippen LogP contribution in [0, 0.1) is 0 Å². The fraction of sp³-hybridized carbons (Fsp3) is 0.769. The molecule has 0 aromatic carbocycles. The lowest BCUT2D eigenvalue weighted by Gasteiger charge is -2.27. The lowest BCUT2D eigenvalue weighted by molar-refractivity contribution is -0.117. The number of rotatable bonds is 7. The van der Waals surface area contributed by atoms with E-state index in [0.717, 1.165) is 18.0 Å². The highest BCUT2D eigenvalue weighted by atomic mass is 32.1. The number of likely N-dealkylation sites (N-methyl/N-ethyl adjacent to an activating group) is 1. The van der Waals surface area contributed by atoms with Crippen LogP contribution >= 0.6 is 11.3 Å². The van der Waals surface area contributed by atoms with Crippen LogP contribution in [-0.4, -0.2) is 67.1 Å². The van der Waals surface area contributed by atoms with Crippen LogP contribution in [-0.2, 0) is 20.7 Å². The summed E-state index contributed by atoms with van der Waals surface area (Å²) in [5.74, 6) is -0.0403. The Morgan fingerprint density at radius 2 is 2.33 bits per heavy atom. The summed E-state index contributed by atoms with van der Waals surface area (Å²) < 4.78 is 10.9. The second-order valence-electron chi connectivity index (χ2n) is 4.98. The number of nitrogens with one attached hydrogen (secondary N) is 1. The van der Waals surface area contributed by atoms with Crippen molar-refractivity contribution in [1.82, 2.24) is 15.1 Å². The minimum atomic E-state index is -0.0403. The smallest absolute Gasteiger partial charge is 0.227 e. The van der Waals surface area contributed by atoms with Crippen LogP contribution in [0.4, 0.5) is 5.13 Å². The minimum Gasteiger partial charge on any atom is -0.376 e. The zero-order valence-corrected chi connectivity index (χ0v) is 13.3. The van der Waals surface area contributed by atoms with E-state index in [4.69, 9.17) is 9.47 Å². The maximum atomic E-state index is 11.9. The molecule has 7 nitrogen and oxygen atoms in total. The van der Waals surface area contributed by atoms with Crippen LogP contribution < -0.4 is 5.32 Å². The molecule has 0 unspecified atom stereocenters. The van der Waals surface area contributed by atoms with Crippen molar-refractivity contribution in [2.75, 3.05) is 45.3 Å². The van der Waals surface area contributed by atoms with E-state index in [9.17, 15) is 4.79 Å². The normalized spacial score (nSPS) is 18.9. The maximum absolute atomic E-state index is 11.9. The number of hydrogen-bond donors (Lipinski definition) is 1. The lowest BCUT2D eigenvalue weighted by Crippen LogP contribution is -2.39. The highest BCUT2D eigenvalue weighted by Crippen LogP contribution is 2.15. The third-order valence-electron chi connectivity index (χ3n) is 3.14. The first kappa shape index (κ1) is 16.3. The van der Waals surface area contributed by atoms with E-state index in [2.05, 4.69) is 20.4 Å². The Labute approximate surface area is 128 Å². The molecule has 0 bridgehead atoms. The molecule has 0 radical (unpaired) electrons. The predicted molar refractivity (Wildman–Crippen MR) is 80.6 cm³/mol. The van der Waals surface area contributed by atoms with E-state index in [1.54, 1.807) is 0 Å². The molecule has 1 amide bonds. The minimum absolute atomic E-state index is 0.0403. The molecule has 1 N–H and O–H groups in total.